The molecule has 0 unspecified atom stereocenters. The zero-order valence-electron chi connectivity index (χ0n) is 16.6. The Hall–Kier alpha value is -1.84. The van der Waals surface area contributed by atoms with E-state index in [-0.39, 0.29) is 36.4 Å². The van der Waals surface area contributed by atoms with Crippen LogP contribution in [0.4, 0.5) is 0 Å². The number of amides is 3. The summed E-state index contributed by atoms with van der Waals surface area (Å²) in [6.45, 7) is 2.75. The first kappa shape index (κ1) is 23.4. The third-order valence-corrected chi connectivity index (χ3v) is 5.86. The third-order valence-electron chi connectivity index (χ3n) is 4.72. The van der Waals surface area contributed by atoms with Crippen LogP contribution in [0, 0.1) is 5.92 Å². The van der Waals surface area contributed by atoms with Crippen molar-refractivity contribution in [3.63, 3.8) is 0 Å². The van der Waals surface area contributed by atoms with Crippen molar-refractivity contribution in [3.8, 4) is 5.75 Å². The molecule has 8 nitrogen and oxygen atoms in total. The summed E-state index contributed by atoms with van der Waals surface area (Å²) in [6.07, 6.45) is 3.27. The van der Waals surface area contributed by atoms with Crippen LogP contribution >= 0.6 is 22.9 Å². The van der Waals surface area contributed by atoms with Gasteiger partial charge in [0.1, 0.15) is 16.1 Å². The first-order chi connectivity index (χ1) is 13.8. The molecular formula is C19H28ClN3O5S. The lowest BCUT2D eigenvalue weighted by Crippen LogP contribution is -2.58. The Bertz CT molecular complexity index is 712. The lowest BCUT2D eigenvalue weighted by atomic mass is 9.90. The predicted molar refractivity (Wildman–Crippen MR) is 111 cm³/mol. The van der Waals surface area contributed by atoms with Gasteiger partial charge in [-0.1, -0.05) is 38.3 Å². The summed E-state index contributed by atoms with van der Waals surface area (Å²) in [4.78, 5) is 36.6. The van der Waals surface area contributed by atoms with E-state index in [4.69, 9.17) is 16.3 Å². The van der Waals surface area contributed by atoms with E-state index in [0.717, 1.165) is 19.3 Å². The highest BCUT2D eigenvalue weighted by Gasteiger charge is 2.30. The van der Waals surface area contributed by atoms with Crippen LogP contribution in [-0.4, -0.2) is 54.2 Å². The van der Waals surface area contributed by atoms with Crippen molar-refractivity contribution in [2.24, 2.45) is 5.92 Å². The fourth-order valence-corrected chi connectivity index (χ4v) is 3.89. The van der Waals surface area contributed by atoms with Crippen LogP contribution in [0.3, 0.4) is 0 Å². The summed E-state index contributed by atoms with van der Waals surface area (Å²) in [6, 6.07) is 0.147. The molecule has 1 fully saturated rings. The maximum atomic E-state index is 12.5. The largest absolute Gasteiger partial charge is 0.481 e. The minimum Gasteiger partial charge on any atom is -0.481 e. The fraction of sp³-hybridized carbons (Fsp3) is 0.632. The number of hydrogen-bond donors (Lipinski definition) is 4. The third kappa shape index (κ3) is 7.17. The molecule has 29 heavy (non-hydrogen) atoms. The summed E-state index contributed by atoms with van der Waals surface area (Å²) < 4.78 is 5.90. The number of aliphatic hydroxyl groups is 1. The van der Waals surface area contributed by atoms with E-state index >= 15 is 0 Å². The van der Waals surface area contributed by atoms with Gasteiger partial charge in [-0.3, -0.25) is 14.4 Å². The molecule has 1 aliphatic rings. The molecule has 0 spiro atoms. The number of carbonyl (C=O) groups excluding carboxylic acids is 3. The van der Waals surface area contributed by atoms with Crippen LogP contribution in [0.15, 0.2) is 11.4 Å². The first-order valence-electron chi connectivity index (χ1n) is 9.68. The molecule has 0 radical (unpaired) electrons. The molecule has 2 rings (SSSR count). The maximum Gasteiger partial charge on any atom is 0.258 e. The summed E-state index contributed by atoms with van der Waals surface area (Å²) in [7, 11) is 0. The van der Waals surface area contributed by atoms with Crippen LogP contribution < -0.4 is 20.7 Å². The SMILES string of the molecule is CC(C)C(=O)N[C@@H](CO)C(=O)N[C@@H]1CCCC[C@H]1NC(=O)COc1ccsc1Cl. The number of carbonyl (C=O) groups is 3. The van der Waals surface area contributed by atoms with E-state index in [9.17, 15) is 19.5 Å². The molecule has 1 aliphatic carbocycles. The van der Waals surface area contributed by atoms with Gasteiger partial charge in [-0.05, 0) is 24.3 Å². The zero-order chi connectivity index (χ0) is 21.4. The van der Waals surface area contributed by atoms with Crippen molar-refractivity contribution in [1.29, 1.82) is 0 Å². The van der Waals surface area contributed by atoms with E-state index in [1.807, 2.05) is 0 Å². The van der Waals surface area contributed by atoms with E-state index in [1.165, 1.54) is 11.3 Å². The molecule has 1 saturated carbocycles. The Kier molecular flexibility index (Phi) is 9.19. The van der Waals surface area contributed by atoms with Crippen LogP contribution in [-0.2, 0) is 14.4 Å². The van der Waals surface area contributed by atoms with E-state index in [1.54, 1.807) is 25.3 Å². The molecule has 162 valence electrons. The van der Waals surface area contributed by atoms with Gasteiger partial charge >= 0.3 is 0 Å². The molecule has 0 aromatic carbocycles. The Balaban J connectivity index is 1.89. The Labute approximate surface area is 179 Å². The lowest BCUT2D eigenvalue weighted by molar-refractivity contribution is -0.132. The lowest BCUT2D eigenvalue weighted by Gasteiger charge is -2.33. The predicted octanol–water partition coefficient (Wildman–Crippen LogP) is 1.46. The van der Waals surface area contributed by atoms with Crippen molar-refractivity contribution >= 4 is 40.7 Å². The molecule has 0 aliphatic heterocycles. The second-order valence-electron chi connectivity index (χ2n) is 7.32. The van der Waals surface area contributed by atoms with Crippen LogP contribution in [0.2, 0.25) is 4.34 Å². The van der Waals surface area contributed by atoms with Crippen molar-refractivity contribution in [2.45, 2.75) is 57.7 Å². The minimum absolute atomic E-state index is 0.169. The van der Waals surface area contributed by atoms with E-state index < -0.39 is 18.6 Å². The molecule has 1 aromatic heterocycles. The second-order valence-corrected chi connectivity index (χ2v) is 8.84. The quantitative estimate of drug-likeness (QED) is 0.459. The van der Waals surface area contributed by atoms with Gasteiger partial charge in [0.05, 0.1) is 6.61 Å². The van der Waals surface area contributed by atoms with Gasteiger partial charge in [0.25, 0.3) is 5.91 Å². The molecule has 0 saturated heterocycles. The molecule has 3 atom stereocenters. The summed E-state index contributed by atoms with van der Waals surface area (Å²) in [5.41, 5.74) is 0. The zero-order valence-corrected chi connectivity index (χ0v) is 18.1. The monoisotopic (exact) mass is 445 g/mol. The first-order valence-corrected chi connectivity index (χ1v) is 10.9. The van der Waals surface area contributed by atoms with E-state index in [0.29, 0.717) is 16.5 Å². The topological polar surface area (TPSA) is 117 Å². The fourth-order valence-electron chi connectivity index (χ4n) is 3.07. The number of rotatable bonds is 9. The van der Waals surface area contributed by atoms with Crippen molar-refractivity contribution in [3.05, 3.63) is 15.8 Å². The normalized spacial score (nSPS) is 20.0. The molecule has 1 aromatic rings. The highest BCUT2D eigenvalue weighted by Crippen LogP contribution is 2.29. The number of hydrogen-bond acceptors (Lipinski definition) is 6. The Morgan fingerprint density at radius 2 is 1.86 bits per heavy atom. The number of halogens is 1. The van der Waals surface area contributed by atoms with Gasteiger partial charge in [-0.25, -0.2) is 0 Å². The second kappa shape index (κ2) is 11.4. The number of nitrogens with one attached hydrogen (secondary N) is 3. The molecule has 4 N–H and O–H groups in total. The van der Waals surface area contributed by atoms with Crippen molar-refractivity contribution in [2.75, 3.05) is 13.2 Å². The van der Waals surface area contributed by atoms with Crippen molar-refractivity contribution in [1.82, 2.24) is 16.0 Å². The van der Waals surface area contributed by atoms with Crippen LogP contribution in [0.5, 0.6) is 5.75 Å². The summed E-state index contributed by atoms with van der Waals surface area (Å²) in [5.74, 6) is -0.904. The number of ether oxygens (including phenoxy) is 1. The highest BCUT2D eigenvalue weighted by molar-refractivity contribution is 7.14. The van der Waals surface area contributed by atoms with Gasteiger partial charge in [0.2, 0.25) is 11.8 Å². The molecule has 1 heterocycles. The standard InChI is InChI=1S/C19H28ClN3O5S/c1-11(2)18(26)23-14(9-24)19(27)22-13-6-4-3-5-12(13)21-16(25)10-28-15-7-8-29-17(15)20/h7-8,11-14,24H,3-6,9-10H2,1-2H3,(H,21,25)(H,22,27)(H,23,26)/t12-,13-,14+/m1/s1. The number of aliphatic hydroxyl groups excluding tert-OH is 1. The summed E-state index contributed by atoms with van der Waals surface area (Å²) >= 11 is 7.28. The van der Waals surface area contributed by atoms with Gasteiger partial charge in [-0.2, -0.15) is 0 Å². The van der Waals surface area contributed by atoms with Crippen LogP contribution in [0.1, 0.15) is 39.5 Å². The van der Waals surface area contributed by atoms with Gasteiger partial charge in [0.15, 0.2) is 6.61 Å². The average Bonchev–Trinajstić information content (AvgIpc) is 3.10. The van der Waals surface area contributed by atoms with Crippen molar-refractivity contribution < 1.29 is 24.2 Å². The minimum atomic E-state index is -1.02. The Morgan fingerprint density at radius 1 is 1.21 bits per heavy atom. The number of thiophene rings is 1. The Morgan fingerprint density at radius 3 is 2.41 bits per heavy atom. The molecule has 0 bridgehead atoms. The van der Waals surface area contributed by atoms with Gasteiger partial charge < -0.3 is 25.8 Å². The van der Waals surface area contributed by atoms with Crippen LogP contribution in [0.25, 0.3) is 0 Å². The van der Waals surface area contributed by atoms with E-state index in [2.05, 4.69) is 16.0 Å². The van der Waals surface area contributed by atoms with Gasteiger partial charge in [0, 0.05) is 18.0 Å². The summed E-state index contributed by atoms with van der Waals surface area (Å²) in [5, 5.41) is 19.6. The molecular weight excluding hydrogens is 418 g/mol. The van der Waals surface area contributed by atoms with Gasteiger partial charge in [-0.15, -0.1) is 11.3 Å². The molecule has 3 amide bonds. The smallest absolute Gasteiger partial charge is 0.258 e. The average molecular weight is 446 g/mol. The molecule has 10 heteroatoms. The maximum absolute atomic E-state index is 12.5. The highest BCUT2D eigenvalue weighted by atomic mass is 35.5.